The van der Waals surface area contributed by atoms with Gasteiger partial charge >= 0.3 is 5.97 Å². The first-order valence-corrected chi connectivity index (χ1v) is 6.38. The zero-order valence-corrected chi connectivity index (χ0v) is 11.5. The van der Waals surface area contributed by atoms with Crippen LogP contribution in [-0.2, 0) is 4.74 Å². The molecule has 4 nitrogen and oxygen atoms in total. The highest BCUT2D eigenvalue weighted by Crippen LogP contribution is 2.25. The molecule has 0 aliphatic carbocycles. The summed E-state index contributed by atoms with van der Waals surface area (Å²) in [6.45, 7) is 4.03. The molecule has 1 aromatic heterocycles. The van der Waals surface area contributed by atoms with E-state index in [0.717, 1.165) is 5.56 Å². The van der Waals surface area contributed by atoms with Crippen molar-refractivity contribution >= 4 is 17.6 Å². The molecule has 0 saturated heterocycles. The van der Waals surface area contributed by atoms with Crippen LogP contribution in [0.25, 0.3) is 0 Å². The Balaban J connectivity index is 2.18. The van der Waals surface area contributed by atoms with Crippen LogP contribution in [0.2, 0.25) is 5.02 Å². The van der Waals surface area contributed by atoms with Crippen LogP contribution in [0.3, 0.4) is 0 Å². The van der Waals surface area contributed by atoms with E-state index in [1.54, 1.807) is 13.0 Å². The smallest absolute Gasteiger partial charge is 0.377 e. The van der Waals surface area contributed by atoms with Crippen molar-refractivity contribution in [2.75, 3.05) is 6.61 Å². The number of carbonyl (C=O) groups is 1. The van der Waals surface area contributed by atoms with E-state index < -0.39 is 5.97 Å². The lowest BCUT2D eigenvalue weighted by Gasteiger charge is -2.07. The van der Waals surface area contributed by atoms with Crippen molar-refractivity contribution < 1.29 is 14.1 Å². The molecule has 1 heterocycles. The van der Waals surface area contributed by atoms with E-state index in [9.17, 15) is 4.79 Å². The normalized spacial score (nSPS) is 12.2. The summed E-state index contributed by atoms with van der Waals surface area (Å²) in [7, 11) is 0. The minimum Gasteiger partial charge on any atom is -0.460 e. The maximum absolute atomic E-state index is 11.5. The lowest BCUT2D eigenvalue weighted by atomic mass is 9.98. The molecule has 1 atom stereocenters. The lowest BCUT2D eigenvalue weighted by Crippen LogP contribution is -2.02. The average Bonchev–Trinajstić information content (AvgIpc) is 2.89. The van der Waals surface area contributed by atoms with Crippen LogP contribution in [0.1, 0.15) is 41.6 Å². The Morgan fingerprint density at radius 2 is 2.11 bits per heavy atom. The Morgan fingerprint density at radius 1 is 1.42 bits per heavy atom. The molecule has 0 saturated carbocycles. The van der Waals surface area contributed by atoms with Gasteiger partial charge in [0.1, 0.15) is 0 Å². The number of nitrogens with zero attached hydrogens (tertiary/aromatic N) is 1. The van der Waals surface area contributed by atoms with Crippen molar-refractivity contribution in [3.63, 3.8) is 0 Å². The van der Waals surface area contributed by atoms with Crippen molar-refractivity contribution in [3.8, 4) is 0 Å². The molecule has 0 aliphatic rings. The number of hydrogen-bond donors (Lipinski definition) is 0. The fourth-order valence-corrected chi connectivity index (χ4v) is 1.84. The maximum atomic E-state index is 11.5. The van der Waals surface area contributed by atoms with Gasteiger partial charge in [0.05, 0.1) is 12.3 Å². The molecule has 5 heteroatoms. The van der Waals surface area contributed by atoms with Gasteiger partial charge in [-0.2, -0.15) is 0 Å². The van der Waals surface area contributed by atoms with Gasteiger partial charge in [-0.1, -0.05) is 35.8 Å². The highest BCUT2D eigenvalue weighted by Gasteiger charge is 2.18. The minimum absolute atomic E-state index is 0.0178. The molecule has 100 valence electrons. The SMILES string of the molecule is CCOC(=O)c1cc([C@H](C)c2ccc(Cl)cc2)no1. The zero-order chi connectivity index (χ0) is 13.8. The summed E-state index contributed by atoms with van der Waals surface area (Å²) in [5, 5.41) is 4.59. The van der Waals surface area contributed by atoms with Gasteiger partial charge in [-0.05, 0) is 24.6 Å². The summed E-state index contributed by atoms with van der Waals surface area (Å²) in [6, 6.07) is 9.09. The van der Waals surface area contributed by atoms with Crippen LogP contribution in [0.4, 0.5) is 0 Å². The van der Waals surface area contributed by atoms with Gasteiger partial charge in [0, 0.05) is 17.0 Å². The number of esters is 1. The van der Waals surface area contributed by atoms with Crippen molar-refractivity contribution in [2.24, 2.45) is 0 Å². The molecule has 0 unspecified atom stereocenters. The third-order valence-corrected chi connectivity index (χ3v) is 3.07. The quantitative estimate of drug-likeness (QED) is 0.802. The number of carbonyl (C=O) groups excluding carboxylic acids is 1. The number of halogens is 1. The number of rotatable bonds is 4. The minimum atomic E-state index is -0.496. The molecule has 0 fully saturated rings. The molecule has 0 radical (unpaired) electrons. The Morgan fingerprint density at radius 3 is 2.74 bits per heavy atom. The van der Waals surface area contributed by atoms with Gasteiger partial charge in [-0.25, -0.2) is 4.79 Å². The molecule has 2 aromatic rings. The van der Waals surface area contributed by atoms with E-state index in [-0.39, 0.29) is 11.7 Å². The predicted octanol–water partition coefficient (Wildman–Crippen LogP) is 3.66. The molecule has 0 aliphatic heterocycles. The van der Waals surface area contributed by atoms with Crippen LogP contribution in [-0.4, -0.2) is 17.7 Å². The fourth-order valence-electron chi connectivity index (χ4n) is 1.71. The summed E-state index contributed by atoms with van der Waals surface area (Å²) >= 11 is 5.85. The summed E-state index contributed by atoms with van der Waals surface area (Å²) in [6.07, 6.45) is 0. The lowest BCUT2D eigenvalue weighted by molar-refractivity contribution is 0.0479. The Hall–Kier alpha value is -1.81. The first-order chi connectivity index (χ1) is 9.11. The van der Waals surface area contributed by atoms with E-state index in [4.69, 9.17) is 20.9 Å². The molecular weight excluding hydrogens is 266 g/mol. The molecular formula is C14H14ClNO3. The monoisotopic (exact) mass is 279 g/mol. The first-order valence-electron chi connectivity index (χ1n) is 6.01. The Kier molecular flexibility index (Phi) is 4.22. The van der Waals surface area contributed by atoms with E-state index in [1.807, 2.05) is 31.2 Å². The molecule has 0 bridgehead atoms. The summed E-state index contributed by atoms with van der Waals surface area (Å²) in [4.78, 5) is 11.5. The highest BCUT2D eigenvalue weighted by molar-refractivity contribution is 6.30. The molecule has 0 amide bonds. The van der Waals surface area contributed by atoms with Crippen molar-refractivity contribution in [1.29, 1.82) is 0 Å². The topological polar surface area (TPSA) is 52.3 Å². The average molecular weight is 280 g/mol. The van der Waals surface area contributed by atoms with Crippen LogP contribution in [0, 0.1) is 0 Å². The summed E-state index contributed by atoms with van der Waals surface area (Å²) in [5.41, 5.74) is 1.73. The largest absolute Gasteiger partial charge is 0.460 e. The van der Waals surface area contributed by atoms with Crippen LogP contribution in [0.15, 0.2) is 34.9 Å². The number of aromatic nitrogens is 1. The Labute approximate surface area is 116 Å². The van der Waals surface area contributed by atoms with Gasteiger partial charge in [-0.3, -0.25) is 0 Å². The third kappa shape index (κ3) is 3.15. The molecule has 0 spiro atoms. The van der Waals surface area contributed by atoms with Crippen LogP contribution < -0.4 is 0 Å². The van der Waals surface area contributed by atoms with Gasteiger partial charge in [0.2, 0.25) is 5.76 Å². The fraction of sp³-hybridized carbons (Fsp3) is 0.286. The second-order valence-corrected chi connectivity index (χ2v) is 4.55. The van der Waals surface area contributed by atoms with E-state index >= 15 is 0 Å². The maximum Gasteiger partial charge on any atom is 0.377 e. The second kappa shape index (κ2) is 5.89. The van der Waals surface area contributed by atoms with E-state index in [1.165, 1.54) is 0 Å². The molecule has 0 N–H and O–H groups in total. The number of hydrogen-bond acceptors (Lipinski definition) is 4. The molecule has 2 rings (SSSR count). The van der Waals surface area contributed by atoms with Crippen LogP contribution in [0.5, 0.6) is 0 Å². The van der Waals surface area contributed by atoms with Gasteiger partial charge in [0.25, 0.3) is 0 Å². The van der Waals surface area contributed by atoms with E-state index in [2.05, 4.69) is 5.16 Å². The molecule has 19 heavy (non-hydrogen) atoms. The summed E-state index contributed by atoms with van der Waals surface area (Å²) < 4.78 is 9.85. The van der Waals surface area contributed by atoms with Gasteiger partial charge < -0.3 is 9.26 Å². The third-order valence-electron chi connectivity index (χ3n) is 2.82. The predicted molar refractivity (Wildman–Crippen MR) is 71.4 cm³/mol. The van der Waals surface area contributed by atoms with Gasteiger partial charge in [0.15, 0.2) is 0 Å². The van der Waals surface area contributed by atoms with E-state index in [0.29, 0.717) is 17.3 Å². The standard InChI is InChI=1S/C14H14ClNO3/c1-3-18-14(17)13-8-12(16-19-13)9(2)10-4-6-11(15)7-5-10/h4-9H,3H2,1-2H3/t9-/m1/s1. The zero-order valence-electron chi connectivity index (χ0n) is 10.7. The number of ether oxygens (including phenoxy) is 1. The second-order valence-electron chi connectivity index (χ2n) is 4.11. The van der Waals surface area contributed by atoms with Crippen molar-refractivity contribution in [2.45, 2.75) is 19.8 Å². The first kappa shape index (κ1) is 13.6. The van der Waals surface area contributed by atoms with Crippen LogP contribution >= 0.6 is 11.6 Å². The highest BCUT2D eigenvalue weighted by atomic mass is 35.5. The Bertz CT molecular complexity index is 562. The summed E-state index contributed by atoms with van der Waals surface area (Å²) in [5.74, 6) is -0.355. The van der Waals surface area contributed by atoms with Crippen molar-refractivity contribution in [3.05, 3.63) is 52.4 Å². The van der Waals surface area contributed by atoms with Gasteiger partial charge in [-0.15, -0.1) is 0 Å². The molecule has 1 aromatic carbocycles. The number of benzene rings is 1. The van der Waals surface area contributed by atoms with Crippen molar-refractivity contribution in [1.82, 2.24) is 5.16 Å².